The van der Waals surface area contributed by atoms with Crippen molar-refractivity contribution in [3.05, 3.63) is 123 Å². The number of hydrogen-bond donors (Lipinski definition) is 0. The highest BCUT2D eigenvalue weighted by atomic mass is 79.9. The van der Waals surface area contributed by atoms with Gasteiger partial charge in [-0.05, 0) is 97.2 Å². The number of carbonyl (C=O) groups excluding carboxylic acids is 1. The lowest BCUT2D eigenvalue weighted by Gasteiger charge is -2.25. The van der Waals surface area contributed by atoms with Crippen LogP contribution in [0, 0.1) is 0 Å². The minimum atomic E-state index is -0.711. The molecule has 0 spiro atoms. The molecule has 1 atom stereocenters. The lowest BCUT2D eigenvalue weighted by molar-refractivity contribution is -0.143. The van der Waals surface area contributed by atoms with Gasteiger partial charge in [-0.1, -0.05) is 58.8 Å². The van der Waals surface area contributed by atoms with E-state index in [0.29, 0.717) is 53.2 Å². The molecule has 11 heteroatoms. The van der Waals surface area contributed by atoms with E-state index in [2.05, 4.69) is 20.9 Å². The Morgan fingerprint density at radius 2 is 1.84 bits per heavy atom. The quantitative estimate of drug-likeness (QED) is 0.171. The van der Waals surface area contributed by atoms with E-state index in [9.17, 15) is 9.59 Å². The third kappa shape index (κ3) is 6.96. The molecule has 1 aliphatic heterocycles. The minimum absolute atomic E-state index is 0.260. The molecule has 0 amide bonds. The zero-order chi connectivity index (χ0) is 31.5. The van der Waals surface area contributed by atoms with Gasteiger partial charge >= 0.3 is 5.97 Å². The van der Waals surface area contributed by atoms with Gasteiger partial charge in [-0.2, -0.15) is 0 Å². The number of carbonyl (C=O) groups is 1. The molecule has 0 saturated heterocycles. The van der Waals surface area contributed by atoms with Gasteiger partial charge < -0.3 is 14.2 Å². The average Bonchev–Trinajstić information content (AvgIpc) is 3.26. The van der Waals surface area contributed by atoms with Gasteiger partial charge in [-0.15, -0.1) is 0 Å². The molecular formula is C33H29BrCl2N2O5S. The molecule has 3 aromatic carbocycles. The van der Waals surface area contributed by atoms with Crippen LogP contribution in [0.4, 0.5) is 0 Å². The van der Waals surface area contributed by atoms with E-state index in [1.165, 1.54) is 11.3 Å². The van der Waals surface area contributed by atoms with Crippen LogP contribution in [0.5, 0.6) is 11.5 Å². The van der Waals surface area contributed by atoms with Crippen LogP contribution in [0.3, 0.4) is 0 Å². The molecule has 0 fully saturated rings. The molecule has 0 unspecified atom stereocenters. The fraction of sp³-hybridized carbons (Fsp3) is 0.242. The number of esters is 1. The number of ether oxygens (including phenoxy) is 3. The summed E-state index contributed by atoms with van der Waals surface area (Å²) >= 11 is 17.1. The summed E-state index contributed by atoms with van der Waals surface area (Å²) in [6, 6.07) is 17.5. The van der Waals surface area contributed by atoms with Gasteiger partial charge in [0.2, 0.25) is 0 Å². The highest BCUT2D eigenvalue weighted by Crippen LogP contribution is 2.32. The Morgan fingerprint density at radius 3 is 2.50 bits per heavy atom. The van der Waals surface area contributed by atoms with Crippen molar-refractivity contribution in [2.75, 3.05) is 6.61 Å². The van der Waals surface area contributed by atoms with Crippen molar-refractivity contribution in [2.45, 2.75) is 46.4 Å². The number of fused-ring (bicyclic) bond motifs is 1. The number of thiazole rings is 1. The van der Waals surface area contributed by atoms with Gasteiger partial charge in [0.15, 0.2) is 4.80 Å². The van der Waals surface area contributed by atoms with Crippen molar-refractivity contribution in [2.24, 2.45) is 4.99 Å². The van der Waals surface area contributed by atoms with Crippen LogP contribution in [-0.4, -0.2) is 23.2 Å². The summed E-state index contributed by atoms with van der Waals surface area (Å²) in [5.41, 5.74) is 2.91. The number of aromatic nitrogens is 1. The first-order chi connectivity index (χ1) is 21.0. The summed E-state index contributed by atoms with van der Waals surface area (Å²) in [7, 11) is 0. The highest BCUT2D eigenvalue weighted by molar-refractivity contribution is 9.10. The van der Waals surface area contributed by atoms with Gasteiger partial charge in [-0.25, -0.2) is 9.79 Å². The Labute approximate surface area is 277 Å². The zero-order valence-corrected chi connectivity index (χ0v) is 28.3. The number of rotatable bonds is 9. The van der Waals surface area contributed by atoms with Crippen LogP contribution in [0.25, 0.3) is 6.08 Å². The molecule has 0 radical (unpaired) electrons. The second-order valence-corrected chi connectivity index (χ2v) is 13.0. The predicted molar refractivity (Wildman–Crippen MR) is 178 cm³/mol. The molecule has 228 valence electrons. The first-order valence-corrected chi connectivity index (χ1v) is 16.2. The molecular weight excluding hydrogens is 687 g/mol. The van der Waals surface area contributed by atoms with E-state index in [1.807, 2.05) is 55.5 Å². The third-order valence-electron chi connectivity index (χ3n) is 6.74. The second-order valence-electron chi connectivity index (χ2n) is 10.3. The van der Waals surface area contributed by atoms with Crippen molar-refractivity contribution in [1.82, 2.24) is 4.57 Å². The van der Waals surface area contributed by atoms with E-state index in [-0.39, 0.29) is 18.3 Å². The number of hydrogen-bond acceptors (Lipinski definition) is 7. The fourth-order valence-electron chi connectivity index (χ4n) is 4.76. The Bertz CT molecular complexity index is 1930. The molecule has 0 saturated carbocycles. The van der Waals surface area contributed by atoms with Crippen molar-refractivity contribution in [3.8, 4) is 11.5 Å². The average molecular weight is 716 g/mol. The van der Waals surface area contributed by atoms with Crippen molar-refractivity contribution < 1.29 is 19.0 Å². The molecule has 0 bridgehead atoms. The third-order valence-corrected chi connectivity index (χ3v) is 8.93. The summed E-state index contributed by atoms with van der Waals surface area (Å²) in [6.45, 7) is 8.04. The Hall–Kier alpha value is -3.37. The maximum atomic E-state index is 14.0. The van der Waals surface area contributed by atoms with Gasteiger partial charge in [0, 0.05) is 15.6 Å². The summed E-state index contributed by atoms with van der Waals surface area (Å²) in [5, 5.41) is 1.09. The van der Waals surface area contributed by atoms with Crippen LogP contribution in [0.2, 0.25) is 10.0 Å². The second kappa shape index (κ2) is 13.7. The monoisotopic (exact) mass is 714 g/mol. The number of halogens is 3. The molecule has 0 aliphatic carbocycles. The van der Waals surface area contributed by atoms with Crippen LogP contribution in [0.15, 0.2) is 86.2 Å². The minimum Gasteiger partial charge on any atom is -0.494 e. The lowest BCUT2D eigenvalue weighted by Crippen LogP contribution is -2.40. The van der Waals surface area contributed by atoms with Crippen molar-refractivity contribution in [1.29, 1.82) is 0 Å². The maximum Gasteiger partial charge on any atom is 0.338 e. The number of benzene rings is 3. The van der Waals surface area contributed by atoms with E-state index in [1.54, 1.807) is 43.5 Å². The van der Waals surface area contributed by atoms with E-state index in [0.717, 1.165) is 16.7 Å². The molecule has 5 rings (SSSR count). The lowest BCUT2D eigenvalue weighted by atomic mass is 9.96. The van der Waals surface area contributed by atoms with E-state index in [4.69, 9.17) is 37.4 Å². The SMILES string of the molecule is CCOc1ccc([C@@H]2C(C(=O)OC(C)C)=C(C)N=c3s/c(=C/c4ccc(OCc5ccc(Cl)cc5Cl)c(Br)c4)c(=O)n32)cc1. The van der Waals surface area contributed by atoms with Gasteiger partial charge in [0.25, 0.3) is 5.56 Å². The molecule has 2 heterocycles. The van der Waals surface area contributed by atoms with Crippen LogP contribution < -0.4 is 24.4 Å². The fourth-order valence-corrected chi connectivity index (χ4v) is 6.78. The Morgan fingerprint density at radius 1 is 1.09 bits per heavy atom. The van der Waals surface area contributed by atoms with Crippen molar-refractivity contribution in [3.63, 3.8) is 0 Å². The largest absolute Gasteiger partial charge is 0.494 e. The molecule has 4 aromatic rings. The van der Waals surface area contributed by atoms with Crippen LogP contribution >= 0.6 is 50.5 Å². The zero-order valence-electron chi connectivity index (χ0n) is 24.4. The topological polar surface area (TPSA) is 79.1 Å². The highest BCUT2D eigenvalue weighted by Gasteiger charge is 2.33. The van der Waals surface area contributed by atoms with Crippen LogP contribution in [-0.2, 0) is 16.1 Å². The molecule has 44 heavy (non-hydrogen) atoms. The molecule has 1 aromatic heterocycles. The summed E-state index contributed by atoms with van der Waals surface area (Å²) in [4.78, 5) is 32.4. The number of allylic oxidation sites excluding steroid dienone is 1. The predicted octanol–water partition coefficient (Wildman–Crippen LogP) is 7.23. The Kier molecular flexibility index (Phi) is 10.00. The summed E-state index contributed by atoms with van der Waals surface area (Å²) < 4.78 is 19.9. The van der Waals surface area contributed by atoms with Gasteiger partial charge in [0.1, 0.15) is 18.1 Å². The summed E-state index contributed by atoms with van der Waals surface area (Å²) in [6.07, 6.45) is 1.47. The van der Waals surface area contributed by atoms with Gasteiger partial charge in [-0.3, -0.25) is 9.36 Å². The molecule has 1 aliphatic rings. The van der Waals surface area contributed by atoms with E-state index < -0.39 is 12.0 Å². The number of nitrogens with zero attached hydrogens (tertiary/aromatic N) is 2. The van der Waals surface area contributed by atoms with E-state index >= 15 is 0 Å². The normalized spacial score (nSPS) is 14.8. The van der Waals surface area contributed by atoms with Crippen molar-refractivity contribution >= 4 is 62.5 Å². The smallest absolute Gasteiger partial charge is 0.338 e. The first kappa shape index (κ1) is 32.0. The van der Waals surface area contributed by atoms with Gasteiger partial charge in [0.05, 0.1) is 39.0 Å². The van der Waals surface area contributed by atoms with Crippen LogP contribution in [0.1, 0.15) is 50.4 Å². The molecule has 7 nitrogen and oxygen atoms in total. The first-order valence-electron chi connectivity index (χ1n) is 13.9. The standard InChI is InChI=1S/C33H29BrCl2N2O5S/c1-5-41-24-11-8-21(9-12-24)30-29(32(40)43-18(2)3)19(4)37-33-38(30)31(39)28(44-33)15-20-6-13-27(25(34)14-20)42-17-22-7-10-23(35)16-26(22)36/h6-16,18,30H,5,17H2,1-4H3/b28-15+/t30-/m1/s1. The maximum absolute atomic E-state index is 14.0. The summed E-state index contributed by atoms with van der Waals surface area (Å²) in [5.74, 6) is 0.813. The Balaban J connectivity index is 1.51. The molecule has 0 N–H and O–H groups in total.